The van der Waals surface area contributed by atoms with Crippen molar-refractivity contribution in [3.63, 3.8) is 0 Å². The molecule has 0 unspecified atom stereocenters. The molecule has 0 aliphatic carbocycles. The first-order valence-corrected chi connectivity index (χ1v) is 11.2. The maximum atomic E-state index is 5.92. The van der Waals surface area contributed by atoms with Crippen LogP contribution >= 0.6 is 31.9 Å². The highest BCUT2D eigenvalue weighted by Gasteiger charge is 2.16. The van der Waals surface area contributed by atoms with Crippen LogP contribution in [-0.4, -0.2) is 41.7 Å². The van der Waals surface area contributed by atoms with Crippen LogP contribution in [0, 0.1) is 0 Å². The molecule has 0 spiro atoms. The zero-order valence-corrected chi connectivity index (χ0v) is 20.2. The second-order valence-corrected chi connectivity index (χ2v) is 7.10. The minimum Gasteiger partial charge on any atom is -0.493 e. The second-order valence-electron chi connectivity index (χ2n) is 5.98. The van der Waals surface area contributed by atoms with E-state index in [1.54, 1.807) is 28.4 Å². The predicted molar refractivity (Wildman–Crippen MR) is 120 cm³/mol. The van der Waals surface area contributed by atoms with Crippen molar-refractivity contribution in [2.24, 2.45) is 0 Å². The third kappa shape index (κ3) is 6.09. The molecule has 6 nitrogen and oxygen atoms in total. The Morgan fingerprint density at radius 2 is 0.897 bits per heavy atom. The summed E-state index contributed by atoms with van der Waals surface area (Å²) in [5.74, 6) is 3.69. The fourth-order valence-electron chi connectivity index (χ4n) is 2.71. The molecule has 2 aromatic rings. The van der Waals surface area contributed by atoms with Crippen molar-refractivity contribution in [2.75, 3.05) is 41.7 Å². The van der Waals surface area contributed by atoms with Crippen LogP contribution in [0.1, 0.15) is 17.5 Å². The van der Waals surface area contributed by atoms with Crippen molar-refractivity contribution >= 4 is 31.9 Å². The maximum absolute atomic E-state index is 5.92. The van der Waals surface area contributed by atoms with Crippen molar-refractivity contribution in [1.82, 2.24) is 0 Å². The van der Waals surface area contributed by atoms with Gasteiger partial charge < -0.3 is 28.4 Å². The van der Waals surface area contributed by atoms with Gasteiger partial charge in [-0.2, -0.15) is 0 Å². The molecule has 0 amide bonds. The van der Waals surface area contributed by atoms with Crippen LogP contribution in [0.5, 0.6) is 34.5 Å². The highest BCUT2D eigenvalue weighted by atomic mass is 79.9. The van der Waals surface area contributed by atoms with E-state index in [9.17, 15) is 0 Å². The average Bonchev–Trinajstić information content (AvgIpc) is 2.77. The van der Waals surface area contributed by atoms with E-state index < -0.39 is 0 Å². The second kappa shape index (κ2) is 12.0. The zero-order valence-electron chi connectivity index (χ0n) is 17.1. The van der Waals surface area contributed by atoms with Crippen LogP contribution in [0.25, 0.3) is 0 Å². The summed E-state index contributed by atoms with van der Waals surface area (Å²) in [5.41, 5.74) is 2.08. The molecule has 0 atom stereocenters. The molecule has 0 fully saturated rings. The molecule has 0 radical (unpaired) electrons. The summed E-state index contributed by atoms with van der Waals surface area (Å²) in [4.78, 5) is 0. The van der Waals surface area contributed by atoms with Crippen molar-refractivity contribution in [3.05, 3.63) is 35.4 Å². The minimum absolute atomic E-state index is 0.435. The van der Waals surface area contributed by atoms with Crippen molar-refractivity contribution in [3.8, 4) is 34.5 Å². The molecule has 0 aromatic heterocycles. The van der Waals surface area contributed by atoms with Gasteiger partial charge in [0.15, 0.2) is 23.0 Å². The minimum atomic E-state index is 0.435. The van der Waals surface area contributed by atoms with E-state index in [0.717, 1.165) is 11.1 Å². The van der Waals surface area contributed by atoms with Crippen LogP contribution in [0.15, 0.2) is 24.3 Å². The lowest BCUT2D eigenvalue weighted by Gasteiger charge is -2.17. The van der Waals surface area contributed by atoms with Gasteiger partial charge in [0.05, 0.1) is 41.7 Å². The Labute approximate surface area is 188 Å². The first kappa shape index (κ1) is 23.5. The number of hydrogen-bond acceptors (Lipinski definition) is 6. The summed E-state index contributed by atoms with van der Waals surface area (Å²) in [6, 6.07) is 7.68. The van der Waals surface area contributed by atoms with Crippen LogP contribution in [0.3, 0.4) is 0 Å². The predicted octanol–water partition coefficient (Wildman–Crippen LogP) is 5.36. The fraction of sp³-hybridized carbons (Fsp3) is 0.429. The molecular formula is C21H26Br2O6. The Balaban J connectivity index is 2.00. The summed E-state index contributed by atoms with van der Waals surface area (Å²) in [6.45, 7) is 0.870. The highest BCUT2D eigenvalue weighted by molar-refractivity contribution is 9.08. The lowest BCUT2D eigenvalue weighted by molar-refractivity contribution is 0.222. The van der Waals surface area contributed by atoms with E-state index in [0.29, 0.717) is 64.8 Å². The van der Waals surface area contributed by atoms with E-state index in [1.165, 1.54) is 0 Å². The van der Waals surface area contributed by atoms with Crippen molar-refractivity contribution in [2.45, 2.75) is 17.1 Å². The average molecular weight is 534 g/mol. The van der Waals surface area contributed by atoms with Gasteiger partial charge in [0, 0.05) is 17.1 Å². The molecule has 0 aliphatic heterocycles. The third-order valence-electron chi connectivity index (χ3n) is 4.13. The smallest absolute Gasteiger partial charge is 0.203 e. The van der Waals surface area contributed by atoms with E-state index in [1.807, 2.05) is 24.3 Å². The molecule has 2 aromatic carbocycles. The number of alkyl halides is 2. The molecule has 0 saturated carbocycles. The summed E-state index contributed by atoms with van der Waals surface area (Å²) in [5, 5.41) is 1.40. The van der Waals surface area contributed by atoms with Gasteiger partial charge >= 0.3 is 0 Å². The number of benzene rings is 2. The van der Waals surface area contributed by atoms with Crippen molar-refractivity contribution < 1.29 is 28.4 Å². The molecule has 8 heteroatoms. The molecular weight excluding hydrogens is 508 g/mol. The normalized spacial score (nSPS) is 10.4. The van der Waals surface area contributed by atoms with Crippen LogP contribution in [0.4, 0.5) is 0 Å². The van der Waals surface area contributed by atoms with E-state index in [-0.39, 0.29) is 0 Å². The standard InChI is InChI=1S/C21H26Br2O6/c1-24-16-8-14(12-22)9-17(25-2)20(16)28-6-5-7-29-21-18(26-3)10-15(13-23)11-19(21)27-4/h8-11H,5-7,12-13H2,1-4H3. The number of methoxy groups -OCH3 is 4. The first-order chi connectivity index (χ1) is 14.1. The molecule has 0 aliphatic rings. The largest absolute Gasteiger partial charge is 0.493 e. The maximum Gasteiger partial charge on any atom is 0.203 e. The van der Waals surface area contributed by atoms with Crippen LogP contribution in [0.2, 0.25) is 0 Å². The first-order valence-electron chi connectivity index (χ1n) is 8.99. The molecule has 0 N–H and O–H groups in total. The molecule has 0 saturated heterocycles. The molecule has 2 rings (SSSR count). The summed E-state index contributed by atoms with van der Waals surface area (Å²) in [7, 11) is 6.44. The van der Waals surface area contributed by atoms with Gasteiger partial charge in [-0.15, -0.1) is 0 Å². The van der Waals surface area contributed by atoms with Gasteiger partial charge in [-0.25, -0.2) is 0 Å². The summed E-state index contributed by atoms with van der Waals surface area (Å²) < 4.78 is 33.6. The van der Waals surface area contributed by atoms with Gasteiger partial charge in [-0.1, -0.05) is 31.9 Å². The highest BCUT2D eigenvalue weighted by Crippen LogP contribution is 2.40. The van der Waals surface area contributed by atoms with Gasteiger partial charge in [-0.3, -0.25) is 0 Å². The van der Waals surface area contributed by atoms with Crippen LogP contribution < -0.4 is 28.4 Å². The number of rotatable bonds is 12. The number of ether oxygens (including phenoxy) is 6. The topological polar surface area (TPSA) is 55.4 Å². The Kier molecular flexibility index (Phi) is 9.73. The fourth-order valence-corrected chi connectivity index (χ4v) is 3.36. The monoisotopic (exact) mass is 532 g/mol. The zero-order chi connectivity index (χ0) is 21.2. The molecule has 0 heterocycles. The quantitative estimate of drug-likeness (QED) is 0.270. The van der Waals surface area contributed by atoms with Gasteiger partial charge in [0.1, 0.15) is 0 Å². The van der Waals surface area contributed by atoms with E-state index in [4.69, 9.17) is 28.4 Å². The Morgan fingerprint density at radius 1 is 0.586 bits per heavy atom. The Bertz CT molecular complexity index is 681. The van der Waals surface area contributed by atoms with Crippen molar-refractivity contribution in [1.29, 1.82) is 0 Å². The van der Waals surface area contributed by atoms with Gasteiger partial charge in [0.2, 0.25) is 11.5 Å². The third-order valence-corrected chi connectivity index (χ3v) is 5.43. The lowest BCUT2D eigenvalue weighted by atomic mass is 10.2. The Hall–Kier alpha value is -1.80. The number of hydrogen-bond donors (Lipinski definition) is 0. The van der Waals surface area contributed by atoms with Gasteiger partial charge in [-0.05, 0) is 35.4 Å². The van der Waals surface area contributed by atoms with E-state index >= 15 is 0 Å². The Morgan fingerprint density at radius 3 is 1.14 bits per heavy atom. The van der Waals surface area contributed by atoms with E-state index in [2.05, 4.69) is 31.9 Å². The number of halogens is 2. The molecule has 0 bridgehead atoms. The lowest BCUT2D eigenvalue weighted by Crippen LogP contribution is -2.08. The van der Waals surface area contributed by atoms with Gasteiger partial charge in [0.25, 0.3) is 0 Å². The summed E-state index contributed by atoms with van der Waals surface area (Å²) >= 11 is 6.89. The molecule has 160 valence electrons. The van der Waals surface area contributed by atoms with Crippen LogP contribution in [-0.2, 0) is 10.7 Å². The molecule has 29 heavy (non-hydrogen) atoms. The summed E-state index contributed by atoms with van der Waals surface area (Å²) in [6.07, 6.45) is 0.652. The SMILES string of the molecule is COc1cc(CBr)cc(OC)c1OCCCOc1c(OC)cc(CBr)cc1OC.